The lowest BCUT2D eigenvalue weighted by molar-refractivity contribution is 0.0705. The highest BCUT2D eigenvalue weighted by Crippen LogP contribution is 2.23. The van der Waals surface area contributed by atoms with E-state index in [1.54, 1.807) is 34.0 Å². The fraction of sp³-hybridized carbons (Fsp3) is 0.294. The molecule has 0 bridgehead atoms. The fourth-order valence-corrected chi connectivity index (χ4v) is 3.08. The van der Waals surface area contributed by atoms with Crippen molar-refractivity contribution in [2.75, 3.05) is 12.3 Å². The van der Waals surface area contributed by atoms with Gasteiger partial charge in [-0.1, -0.05) is 0 Å². The van der Waals surface area contributed by atoms with Crippen molar-refractivity contribution in [2.24, 2.45) is 7.05 Å². The Morgan fingerprint density at radius 3 is 2.85 bits per heavy atom. The quantitative estimate of drug-likeness (QED) is 0.701. The number of rotatable bonds is 3. The van der Waals surface area contributed by atoms with Crippen LogP contribution in [0.4, 0.5) is 5.82 Å². The van der Waals surface area contributed by atoms with Crippen LogP contribution in [0.5, 0.6) is 0 Å². The summed E-state index contributed by atoms with van der Waals surface area (Å²) < 4.78 is 3.58. The average Bonchev–Trinajstić information content (AvgIpc) is 3.26. The fourth-order valence-electron chi connectivity index (χ4n) is 3.08. The number of carbonyl (C=O) groups is 1. The normalized spacial score (nSPS) is 14.9. The number of aliphatic hydroxyl groups is 1. The molecule has 0 fully saturated rings. The zero-order chi connectivity index (χ0) is 18.3. The molecule has 1 amide bonds. The van der Waals surface area contributed by atoms with Gasteiger partial charge in [-0.3, -0.25) is 9.48 Å². The molecule has 26 heavy (non-hydrogen) atoms. The van der Waals surface area contributed by atoms with E-state index in [2.05, 4.69) is 15.1 Å². The van der Waals surface area contributed by atoms with Gasteiger partial charge < -0.3 is 20.3 Å². The summed E-state index contributed by atoms with van der Waals surface area (Å²) in [5.41, 5.74) is 7.47. The van der Waals surface area contributed by atoms with Crippen LogP contribution in [0.25, 0.3) is 0 Å². The Kier molecular flexibility index (Phi) is 3.92. The Morgan fingerprint density at radius 2 is 2.15 bits per heavy atom. The summed E-state index contributed by atoms with van der Waals surface area (Å²) in [6.45, 7) is 1.52. The lowest BCUT2D eigenvalue weighted by atomic mass is 10.2. The number of pyridine rings is 1. The van der Waals surface area contributed by atoms with Gasteiger partial charge in [-0.05, 0) is 18.2 Å². The van der Waals surface area contributed by atoms with E-state index in [0.717, 1.165) is 5.69 Å². The van der Waals surface area contributed by atoms with E-state index in [9.17, 15) is 9.90 Å². The number of aryl methyl sites for hydroxylation is 1. The largest absolute Gasteiger partial charge is 0.384 e. The maximum Gasteiger partial charge on any atom is 0.255 e. The molecule has 0 saturated heterocycles. The number of hydrogen-bond acceptors (Lipinski definition) is 6. The molecule has 0 unspecified atom stereocenters. The molecule has 3 N–H and O–H groups in total. The molecule has 1 aliphatic rings. The van der Waals surface area contributed by atoms with Gasteiger partial charge in [0.05, 0.1) is 30.0 Å². The summed E-state index contributed by atoms with van der Waals surface area (Å²) in [5.74, 6) is 0.809. The highest BCUT2D eigenvalue weighted by atomic mass is 16.3. The molecule has 0 spiro atoms. The van der Waals surface area contributed by atoms with Gasteiger partial charge in [0.2, 0.25) is 0 Å². The number of nitrogens with two attached hydrogens (primary N) is 1. The molecule has 4 heterocycles. The smallest absolute Gasteiger partial charge is 0.255 e. The standard InChI is InChI=1S/C17H19N7O2/c1-22-5-4-19-16(22)15(25)13-8-12-10-23(6-7-24(12)21-13)17(26)11-2-3-14(18)20-9-11/h2-5,8-9,15,25H,6-7,10H2,1H3,(H2,18,20)/t15-/m1/s1. The Balaban J connectivity index is 1.54. The van der Waals surface area contributed by atoms with Crippen molar-refractivity contribution >= 4 is 11.7 Å². The van der Waals surface area contributed by atoms with Gasteiger partial charge in [0.25, 0.3) is 5.91 Å². The van der Waals surface area contributed by atoms with E-state index < -0.39 is 6.10 Å². The van der Waals surface area contributed by atoms with Crippen LogP contribution in [-0.4, -0.2) is 46.8 Å². The van der Waals surface area contributed by atoms with Crippen LogP contribution in [0.15, 0.2) is 36.8 Å². The number of imidazole rings is 1. The van der Waals surface area contributed by atoms with Crippen LogP contribution in [-0.2, 0) is 20.1 Å². The van der Waals surface area contributed by atoms with Gasteiger partial charge in [0.15, 0.2) is 6.10 Å². The number of amides is 1. The van der Waals surface area contributed by atoms with E-state index in [1.807, 2.05) is 17.8 Å². The Morgan fingerprint density at radius 1 is 1.31 bits per heavy atom. The molecule has 134 valence electrons. The second kappa shape index (κ2) is 6.26. The van der Waals surface area contributed by atoms with Gasteiger partial charge in [0.1, 0.15) is 11.6 Å². The number of hydrogen-bond donors (Lipinski definition) is 2. The molecular formula is C17H19N7O2. The van der Waals surface area contributed by atoms with Gasteiger partial charge in [0, 0.05) is 32.2 Å². The van der Waals surface area contributed by atoms with Gasteiger partial charge in [-0.2, -0.15) is 5.10 Å². The highest BCUT2D eigenvalue weighted by molar-refractivity contribution is 5.94. The average molecular weight is 353 g/mol. The summed E-state index contributed by atoms with van der Waals surface area (Å²) in [6.07, 6.45) is 3.99. The summed E-state index contributed by atoms with van der Waals surface area (Å²) in [5, 5.41) is 15.0. The SMILES string of the molecule is Cn1ccnc1[C@H](O)c1cc2n(n1)CCN(C(=O)c1ccc(N)nc1)C2. The first-order valence-corrected chi connectivity index (χ1v) is 8.25. The van der Waals surface area contributed by atoms with Crippen molar-refractivity contribution < 1.29 is 9.90 Å². The summed E-state index contributed by atoms with van der Waals surface area (Å²) in [7, 11) is 1.82. The molecule has 0 radical (unpaired) electrons. The van der Waals surface area contributed by atoms with Crippen molar-refractivity contribution in [3.8, 4) is 0 Å². The first kappa shape index (κ1) is 16.3. The van der Waals surface area contributed by atoms with E-state index >= 15 is 0 Å². The summed E-state index contributed by atoms with van der Waals surface area (Å²) in [4.78, 5) is 22.5. The molecule has 0 aromatic carbocycles. The number of carbonyl (C=O) groups excluding carboxylic acids is 1. The topological polar surface area (TPSA) is 115 Å². The van der Waals surface area contributed by atoms with Gasteiger partial charge >= 0.3 is 0 Å². The number of aliphatic hydroxyl groups excluding tert-OH is 1. The molecule has 0 saturated carbocycles. The Hall–Kier alpha value is -3.20. The van der Waals surface area contributed by atoms with Crippen molar-refractivity contribution in [2.45, 2.75) is 19.2 Å². The third kappa shape index (κ3) is 2.82. The van der Waals surface area contributed by atoms with Crippen molar-refractivity contribution in [1.29, 1.82) is 0 Å². The minimum Gasteiger partial charge on any atom is -0.384 e. The van der Waals surface area contributed by atoms with Crippen LogP contribution in [0, 0.1) is 0 Å². The zero-order valence-corrected chi connectivity index (χ0v) is 14.3. The van der Waals surface area contributed by atoms with Crippen LogP contribution < -0.4 is 5.73 Å². The first-order valence-electron chi connectivity index (χ1n) is 8.25. The molecule has 4 rings (SSSR count). The summed E-state index contributed by atoms with van der Waals surface area (Å²) >= 11 is 0. The molecule has 9 heteroatoms. The van der Waals surface area contributed by atoms with Crippen LogP contribution in [0.3, 0.4) is 0 Å². The minimum atomic E-state index is -0.904. The predicted octanol–water partition coefficient (Wildman–Crippen LogP) is 0.331. The lowest BCUT2D eigenvalue weighted by Gasteiger charge is -2.27. The van der Waals surface area contributed by atoms with Gasteiger partial charge in [-0.25, -0.2) is 9.97 Å². The number of nitrogen functional groups attached to an aromatic ring is 1. The van der Waals surface area contributed by atoms with Crippen LogP contribution in [0.1, 0.15) is 33.7 Å². The lowest BCUT2D eigenvalue weighted by Crippen LogP contribution is -2.38. The first-order chi connectivity index (χ1) is 12.5. The molecule has 0 aliphatic carbocycles. The Labute approximate surface area is 149 Å². The maximum atomic E-state index is 12.6. The monoisotopic (exact) mass is 353 g/mol. The predicted molar refractivity (Wildman–Crippen MR) is 92.9 cm³/mol. The number of nitrogens with zero attached hydrogens (tertiary/aromatic N) is 6. The van der Waals surface area contributed by atoms with Crippen molar-refractivity contribution in [3.63, 3.8) is 0 Å². The molecule has 1 atom stereocenters. The Bertz CT molecular complexity index is 944. The van der Waals surface area contributed by atoms with Crippen molar-refractivity contribution in [3.05, 3.63) is 59.6 Å². The third-order valence-electron chi connectivity index (χ3n) is 4.52. The van der Waals surface area contributed by atoms with Crippen LogP contribution >= 0.6 is 0 Å². The van der Waals surface area contributed by atoms with Crippen LogP contribution in [0.2, 0.25) is 0 Å². The molecule has 3 aromatic rings. The van der Waals surface area contributed by atoms with E-state index in [4.69, 9.17) is 5.73 Å². The third-order valence-corrected chi connectivity index (χ3v) is 4.52. The second-order valence-electron chi connectivity index (χ2n) is 6.28. The second-order valence-corrected chi connectivity index (χ2v) is 6.28. The number of fused-ring (bicyclic) bond motifs is 1. The highest BCUT2D eigenvalue weighted by Gasteiger charge is 2.26. The number of anilines is 1. The molecule has 9 nitrogen and oxygen atoms in total. The van der Waals surface area contributed by atoms with E-state index in [0.29, 0.717) is 42.5 Å². The van der Waals surface area contributed by atoms with E-state index in [1.165, 1.54) is 6.20 Å². The minimum absolute atomic E-state index is 0.101. The molecule has 3 aromatic heterocycles. The maximum absolute atomic E-state index is 12.6. The number of aromatic nitrogens is 5. The zero-order valence-electron chi connectivity index (χ0n) is 14.3. The molecule has 1 aliphatic heterocycles. The summed E-state index contributed by atoms with van der Waals surface area (Å²) in [6, 6.07) is 5.11. The van der Waals surface area contributed by atoms with Gasteiger partial charge in [-0.15, -0.1) is 0 Å². The van der Waals surface area contributed by atoms with E-state index in [-0.39, 0.29) is 5.91 Å². The van der Waals surface area contributed by atoms with Crippen molar-refractivity contribution in [1.82, 2.24) is 29.2 Å². The molecular weight excluding hydrogens is 334 g/mol.